The van der Waals surface area contributed by atoms with Crippen molar-refractivity contribution >= 4 is 33.1 Å². The minimum Gasteiger partial charge on any atom is -0.329 e. The van der Waals surface area contributed by atoms with E-state index in [0.717, 1.165) is 17.4 Å². The Balaban J connectivity index is 2.27. The molecule has 0 radical (unpaired) electrons. The molecular weight excluding hydrogens is 370 g/mol. The van der Waals surface area contributed by atoms with E-state index in [1.54, 1.807) is 6.92 Å². The number of para-hydroxylation sites is 1. The van der Waals surface area contributed by atoms with Gasteiger partial charge in [0, 0.05) is 5.39 Å². The predicted octanol–water partition coefficient (Wildman–Crippen LogP) is 5.18. The highest BCUT2D eigenvalue weighted by Crippen LogP contribution is 2.39. The molecular formula is C14H8F6N4S. The van der Waals surface area contributed by atoms with Gasteiger partial charge < -0.3 is 5.32 Å². The first kappa shape index (κ1) is 17.4. The first-order chi connectivity index (χ1) is 11.6. The van der Waals surface area contributed by atoms with E-state index in [1.807, 2.05) is 0 Å². The maximum absolute atomic E-state index is 13.1. The lowest BCUT2D eigenvalue weighted by molar-refractivity contribution is -0.142. The maximum Gasteiger partial charge on any atom is 0.433 e. The molecule has 0 aliphatic heterocycles. The Bertz CT molecular complexity index is 931. The molecule has 4 nitrogen and oxygen atoms in total. The molecule has 0 saturated carbocycles. The minimum atomic E-state index is -4.90. The summed E-state index contributed by atoms with van der Waals surface area (Å²) >= 11 is 1.06. The molecule has 0 saturated heterocycles. The number of rotatable bonds is 2. The monoisotopic (exact) mass is 378 g/mol. The van der Waals surface area contributed by atoms with Crippen LogP contribution in [0.2, 0.25) is 0 Å². The molecule has 0 amide bonds. The summed E-state index contributed by atoms with van der Waals surface area (Å²) < 4.78 is 78.6. The summed E-state index contributed by atoms with van der Waals surface area (Å²) in [5, 5.41) is 10.6. The number of benzene rings is 1. The number of halogens is 6. The normalized spacial score (nSPS) is 12.6. The maximum atomic E-state index is 13.1. The molecule has 25 heavy (non-hydrogen) atoms. The second kappa shape index (κ2) is 5.83. The zero-order valence-corrected chi connectivity index (χ0v) is 13.1. The van der Waals surface area contributed by atoms with Crippen molar-refractivity contribution in [1.82, 2.24) is 15.2 Å². The number of alkyl halides is 6. The van der Waals surface area contributed by atoms with Gasteiger partial charge >= 0.3 is 12.4 Å². The van der Waals surface area contributed by atoms with Crippen molar-refractivity contribution in [3.63, 3.8) is 0 Å². The first-order valence-corrected chi connectivity index (χ1v) is 7.52. The molecule has 2 heterocycles. The molecule has 0 fully saturated rings. The highest BCUT2D eigenvalue weighted by Gasteiger charge is 2.37. The number of hydrogen-bond donors (Lipinski definition) is 1. The van der Waals surface area contributed by atoms with E-state index in [-0.39, 0.29) is 16.2 Å². The third-order valence-electron chi connectivity index (χ3n) is 3.20. The van der Waals surface area contributed by atoms with Crippen LogP contribution in [0.1, 0.15) is 16.3 Å². The largest absolute Gasteiger partial charge is 0.433 e. The van der Waals surface area contributed by atoms with E-state index in [1.165, 1.54) is 6.07 Å². The van der Waals surface area contributed by atoms with Crippen molar-refractivity contribution in [2.24, 2.45) is 0 Å². The standard InChI is InChI=1S/C14H8F6N4S/c1-6-23-24-12(25-6)21-9-5-10(14(18,19)20)22-11-7(9)3-2-4-8(11)13(15,16)17/h2-5H,1H3,(H,21,22,24). The fourth-order valence-corrected chi connectivity index (χ4v) is 2.79. The van der Waals surface area contributed by atoms with Crippen LogP contribution in [0.25, 0.3) is 10.9 Å². The van der Waals surface area contributed by atoms with Crippen molar-refractivity contribution in [1.29, 1.82) is 0 Å². The fourth-order valence-electron chi connectivity index (χ4n) is 2.19. The highest BCUT2D eigenvalue weighted by molar-refractivity contribution is 7.15. The topological polar surface area (TPSA) is 50.7 Å². The summed E-state index contributed by atoms with van der Waals surface area (Å²) in [5.74, 6) is 0. The Morgan fingerprint density at radius 1 is 1.00 bits per heavy atom. The van der Waals surface area contributed by atoms with Crippen LogP contribution in [0, 0.1) is 6.92 Å². The van der Waals surface area contributed by atoms with Crippen LogP contribution in [-0.2, 0) is 12.4 Å². The molecule has 0 spiro atoms. The number of nitrogens with one attached hydrogen (secondary N) is 1. The zero-order valence-electron chi connectivity index (χ0n) is 12.3. The van der Waals surface area contributed by atoms with E-state index in [2.05, 4.69) is 20.5 Å². The first-order valence-electron chi connectivity index (χ1n) is 6.71. The van der Waals surface area contributed by atoms with Crippen molar-refractivity contribution in [3.8, 4) is 0 Å². The number of aromatic nitrogens is 3. The average molecular weight is 378 g/mol. The van der Waals surface area contributed by atoms with Gasteiger partial charge in [-0.2, -0.15) is 26.3 Å². The molecule has 0 atom stereocenters. The summed E-state index contributed by atoms with van der Waals surface area (Å²) in [5.41, 5.74) is -3.64. The Kier molecular flexibility index (Phi) is 4.06. The van der Waals surface area contributed by atoms with Gasteiger partial charge in [-0.15, -0.1) is 10.2 Å². The van der Waals surface area contributed by atoms with Crippen LogP contribution in [0.3, 0.4) is 0 Å². The molecule has 11 heteroatoms. The predicted molar refractivity (Wildman–Crippen MR) is 79.7 cm³/mol. The van der Waals surface area contributed by atoms with Crippen molar-refractivity contribution < 1.29 is 26.3 Å². The van der Waals surface area contributed by atoms with Crippen LogP contribution in [0.5, 0.6) is 0 Å². The van der Waals surface area contributed by atoms with Gasteiger partial charge in [0.1, 0.15) is 10.7 Å². The Morgan fingerprint density at radius 3 is 2.28 bits per heavy atom. The number of pyridine rings is 1. The minimum absolute atomic E-state index is 0.101. The molecule has 2 aromatic heterocycles. The lowest BCUT2D eigenvalue weighted by atomic mass is 10.1. The third kappa shape index (κ3) is 3.50. The number of fused-ring (bicyclic) bond motifs is 1. The Labute approximate surface area is 140 Å². The molecule has 1 N–H and O–H groups in total. The van der Waals surface area contributed by atoms with Gasteiger partial charge in [0.15, 0.2) is 0 Å². The third-order valence-corrected chi connectivity index (χ3v) is 3.96. The van der Waals surface area contributed by atoms with Crippen LogP contribution in [-0.4, -0.2) is 15.2 Å². The molecule has 0 aliphatic rings. The van der Waals surface area contributed by atoms with E-state index < -0.39 is 29.1 Å². The summed E-state index contributed by atoms with van der Waals surface area (Å²) in [6, 6.07) is 3.71. The number of aryl methyl sites for hydroxylation is 1. The van der Waals surface area contributed by atoms with Gasteiger partial charge in [-0.05, 0) is 19.1 Å². The van der Waals surface area contributed by atoms with Crippen molar-refractivity contribution in [2.45, 2.75) is 19.3 Å². The highest BCUT2D eigenvalue weighted by atomic mass is 32.1. The second-order valence-corrected chi connectivity index (χ2v) is 6.19. The number of nitrogens with zero attached hydrogens (tertiary/aromatic N) is 3. The summed E-state index contributed by atoms with van der Waals surface area (Å²) in [6.07, 6.45) is -9.74. The van der Waals surface area contributed by atoms with Crippen LogP contribution in [0.4, 0.5) is 37.2 Å². The molecule has 0 aliphatic carbocycles. The smallest absolute Gasteiger partial charge is 0.329 e. The summed E-state index contributed by atoms with van der Waals surface area (Å²) in [4.78, 5) is 3.20. The van der Waals surface area contributed by atoms with E-state index in [4.69, 9.17) is 0 Å². The van der Waals surface area contributed by atoms with Crippen molar-refractivity contribution in [2.75, 3.05) is 5.32 Å². The van der Waals surface area contributed by atoms with Crippen LogP contribution >= 0.6 is 11.3 Å². The summed E-state index contributed by atoms with van der Waals surface area (Å²) in [7, 11) is 0. The van der Waals surface area contributed by atoms with Gasteiger partial charge in [0.25, 0.3) is 0 Å². The Hall–Kier alpha value is -2.43. The molecule has 132 valence electrons. The van der Waals surface area contributed by atoms with E-state index in [0.29, 0.717) is 17.1 Å². The number of anilines is 2. The Morgan fingerprint density at radius 2 is 1.72 bits per heavy atom. The lowest BCUT2D eigenvalue weighted by Crippen LogP contribution is -2.12. The molecule has 0 unspecified atom stereocenters. The zero-order chi connectivity index (χ0) is 18.4. The molecule has 3 rings (SSSR count). The van der Waals surface area contributed by atoms with E-state index in [9.17, 15) is 26.3 Å². The number of hydrogen-bond acceptors (Lipinski definition) is 5. The fraction of sp³-hybridized carbons (Fsp3) is 0.214. The summed E-state index contributed by atoms with van der Waals surface area (Å²) in [6.45, 7) is 1.64. The SMILES string of the molecule is Cc1nnc(Nc2cc(C(F)(F)F)nc3c(C(F)(F)F)cccc23)s1. The van der Waals surface area contributed by atoms with Crippen LogP contribution in [0.15, 0.2) is 24.3 Å². The van der Waals surface area contributed by atoms with Gasteiger partial charge in [0.2, 0.25) is 5.13 Å². The molecule has 0 bridgehead atoms. The van der Waals surface area contributed by atoms with Crippen molar-refractivity contribution in [3.05, 3.63) is 40.5 Å². The quantitative estimate of drug-likeness (QED) is 0.625. The second-order valence-electron chi connectivity index (χ2n) is 5.00. The van der Waals surface area contributed by atoms with Crippen LogP contribution < -0.4 is 5.32 Å². The van der Waals surface area contributed by atoms with Gasteiger partial charge in [-0.3, -0.25) is 0 Å². The molecule has 1 aromatic carbocycles. The molecule has 3 aromatic rings. The van der Waals surface area contributed by atoms with E-state index >= 15 is 0 Å². The van der Waals surface area contributed by atoms with Gasteiger partial charge in [-0.25, -0.2) is 4.98 Å². The lowest BCUT2D eigenvalue weighted by Gasteiger charge is -2.15. The average Bonchev–Trinajstić information content (AvgIpc) is 2.89. The van der Waals surface area contributed by atoms with Gasteiger partial charge in [0.05, 0.1) is 16.8 Å². The van der Waals surface area contributed by atoms with Gasteiger partial charge in [-0.1, -0.05) is 23.5 Å².